The van der Waals surface area contributed by atoms with Gasteiger partial charge in [-0.1, -0.05) is 6.07 Å². The van der Waals surface area contributed by atoms with Crippen LogP contribution in [0.15, 0.2) is 30.3 Å². The van der Waals surface area contributed by atoms with Gasteiger partial charge in [0.25, 0.3) is 5.91 Å². The molecule has 0 bridgehead atoms. The molecule has 0 atom stereocenters. The molecule has 2 aromatic rings. The highest BCUT2D eigenvalue weighted by Crippen LogP contribution is 2.21. The van der Waals surface area contributed by atoms with E-state index in [1.165, 1.54) is 12.1 Å². The molecule has 0 aliphatic carbocycles. The zero-order valence-electron chi connectivity index (χ0n) is 10.5. The molecule has 0 saturated heterocycles. The van der Waals surface area contributed by atoms with Gasteiger partial charge in [-0.25, -0.2) is 13.2 Å². The molecule has 0 saturated carbocycles. The molecule has 0 fully saturated rings. The van der Waals surface area contributed by atoms with Crippen LogP contribution in [0.1, 0.15) is 15.9 Å². The number of carbonyl (C=O) groups excluding carboxylic acids is 1. The molecule has 3 N–H and O–H groups in total. The van der Waals surface area contributed by atoms with Crippen molar-refractivity contribution < 1.29 is 18.0 Å². The second kappa shape index (κ2) is 5.24. The lowest BCUT2D eigenvalue weighted by atomic mass is 10.1. The number of nitrogens with two attached hydrogens (primary N) is 1. The van der Waals surface area contributed by atoms with Crippen LogP contribution in [0.3, 0.4) is 0 Å². The topological polar surface area (TPSA) is 55.1 Å². The van der Waals surface area contributed by atoms with Gasteiger partial charge in [-0.3, -0.25) is 4.79 Å². The monoisotopic (exact) mass is 280 g/mol. The summed E-state index contributed by atoms with van der Waals surface area (Å²) in [6.45, 7) is 1.67. The highest BCUT2D eigenvalue weighted by Gasteiger charge is 2.15. The van der Waals surface area contributed by atoms with Gasteiger partial charge in [0, 0.05) is 17.4 Å². The highest BCUT2D eigenvalue weighted by molar-refractivity contribution is 6.08. The molecule has 0 aliphatic heterocycles. The Balaban J connectivity index is 2.33. The number of halogens is 3. The molecule has 1 amide bonds. The second-order valence-corrected chi connectivity index (χ2v) is 4.27. The Morgan fingerprint density at radius 1 is 1.10 bits per heavy atom. The van der Waals surface area contributed by atoms with Crippen LogP contribution in [0.4, 0.5) is 24.5 Å². The van der Waals surface area contributed by atoms with Crippen molar-refractivity contribution in [1.29, 1.82) is 0 Å². The van der Waals surface area contributed by atoms with Crippen molar-refractivity contribution in [2.75, 3.05) is 11.1 Å². The first-order valence-corrected chi connectivity index (χ1v) is 5.70. The Labute approximate surface area is 113 Å². The predicted molar refractivity (Wildman–Crippen MR) is 69.9 cm³/mol. The van der Waals surface area contributed by atoms with Crippen LogP contribution in [-0.2, 0) is 0 Å². The third kappa shape index (κ3) is 2.74. The number of rotatable bonds is 2. The zero-order valence-corrected chi connectivity index (χ0v) is 10.5. The van der Waals surface area contributed by atoms with Crippen LogP contribution < -0.4 is 11.1 Å². The van der Waals surface area contributed by atoms with Crippen molar-refractivity contribution in [3.05, 3.63) is 58.9 Å². The highest BCUT2D eigenvalue weighted by atomic mass is 19.2. The first-order valence-electron chi connectivity index (χ1n) is 5.70. The van der Waals surface area contributed by atoms with E-state index in [-0.39, 0.29) is 16.9 Å². The number of aryl methyl sites for hydroxylation is 1. The van der Waals surface area contributed by atoms with Crippen molar-refractivity contribution in [2.24, 2.45) is 0 Å². The number of amides is 1. The van der Waals surface area contributed by atoms with Gasteiger partial charge < -0.3 is 11.1 Å². The van der Waals surface area contributed by atoms with Gasteiger partial charge in [0.05, 0.1) is 5.56 Å². The predicted octanol–water partition coefficient (Wildman–Crippen LogP) is 3.25. The quantitative estimate of drug-likeness (QED) is 0.830. The minimum absolute atomic E-state index is 0.199. The lowest BCUT2D eigenvalue weighted by Crippen LogP contribution is -2.15. The van der Waals surface area contributed by atoms with E-state index in [9.17, 15) is 18.0 Å². The first kappa shape index (κ1) is 13.9. The number of anilines is 2. The molecule has 0 aromatic heterocycles. The Morgan fingerprint density at radius 3 is 2.45 bits per heavy atom. The van der Waals surface area contributed by atoms with Crippen LogP contribution in [0.2, 0.25) is 0 Å². The zero-order chi connectivity index (χ0) is 14.9. The van der Waals surface area contributed by atoms with E-state index in [0.717, 1.165) is 12.1 Å². The van der Waals surface area contributed by atoms with Gasteiger partial charge in [0.1, 0.15) is 5.82 Å². The van der Waals surface area contributed by atoms with Crippen LogP contribution >= 0.6 is 0 Å². The summed E-state index contributed by atoms with van der Waals surface area (Å²) in [5.74, 6) is -3.58. The summed E-state index contributed by atoms with van der Waals surface area (Å²) in [5.41, 5.74) is 5.92. The maximum Gasteiger partial charge on any atom is 0.257 e. The normalized spacial score (nSPS) is 10.4. The molecule has 2 aromatic carbocycles. The minimum atomic E-state index is -1.18. The van der Waals surface area contributed by atoms with Crippen molar-refractivity contribution in [3.8, 4) is 0 Å². The standard InChI is InChI=1S/C14H11F3N2O/c1-7-2-3-8(15)4-13(7)19-14(20)9-5-10(16)11(17)6-12(9)18/h2-6H,18H2,1H3,(H,19,20). The summed E-state index contributed by atoms with van der Waals surface area (Å²) in [4.78, 5) is 12.0. The summed E-state index contributed by atoms with van der Waals surface area (Å²) in [7, 11) is 0. The molecule has 2 rings (SSSR count). The van der Waals surface area contributed by atoms with Crippen molar-refractivity contribution in [2.45, 2.75) is 6.92 Å². The minimum Gasteiger partial charge on any atom is -0.398 e. The number of hydrogen-bond acceptors (Lipinski definition) is 2. The Kier molecular flexibility index (Phi) is 3.65. The summed E-state index contributed by atoms with van der Waals surface area (Å²) in [5, 5.41) is 2.41. The van der Waals surface area contributed by atoms with Gasteiger partial charge in [-0.15, -0.1) is 0 Å². The fourth-order valence-electron chi connectivity index (χ4n) is 1.68. The Hall–Kier alpha value is -2.50. The largest absolute Gasteiger partial charge is 0.398 e. The second-order valence-electron chi connectivity index (χ2n) is 4.27. The number of nitrogens with one attached hydrogen (secondary N) is 1. The van der Waals surface area contributed by atoms with E-state index in [1.807, 2.05) is 0 Å². The number of carbonyl (C=O) groups is 1. The third-order valence-corrected chi connectivity index (χ3v) is 2.78. The molecular weight excluding hydrogens is 269 g/mol. The molecule has 6 heteroatoms. The SMILES string of the molecule is Cc1ccc(F)cc1NC(=O)c1cc(F)c(F)cc1N. The summed E-state index contributed by atoms with van der Waals surface area (Å²) < 4.78 is 39.2. The smallest absolute Gasteiger partial charge is 0.257 e. The van der Waals surface area contributed by atoms with Crippen LogP contribution in [0.5, 0.6) is 0 Å². The van der Waals surface area contributed by atoms with Gasteiger partial charge >= 0.3 is 0 Å². The van der Waals surface area contributed by atoms with E-state index < -0.39 is 23.4 Å². The molecule has 20 heavy (non-hydrogen) atoms. The molecular formula is C14H11F3N2O. The van der Waals surface area contributed by atoms with Crippen molar-refractivity contribution in [3.63, 3.8) is 0 Å². The average Bonchev–Trinajstić information content (AvgIpc) is 2.38. The molecule has 3 nitrogen and oxygen atoms in total. The molecule has 0 heterocycles. The third-order valence-electron chi connectivity index (χ3n) is 2.78. The summed E-state index contributed by atoms with van der Waals surface area (Å²) in [6, 6.07) is 5.29. The number of nitrogen functional groups attached to an aromatic ring is 1. The van der Waals surface area contributed by atoms with Crippen LogP contribution in [0, 0.1) is 24.4 Å². The number of benzene rings is 2. The fraction of sp³-hybridized carbons (Fsp3) is 0.0714. The van der Waals surface area contributed by atoms with E-state index in [4.69, 9.17) is 5.73 Å². The van der Waals surface area contributed by atoms with E-state index in [0.29, 0.717) is 11.6 Å². The number of hydrogen-bond donors (Lipinski definition) is 2. The lowest BCUT2D eigenvalue weighted by molar-refractivity contribution is 0.102. The summed E-state index contributed by atoms with van der Waals surface area (Å²) >= 11 is 0. The van der Waals surface area contributed by atoms with E-state index in [2.05, 4.69) is 5.32 Å². The fourth-order valence-corrected chi connectivity index (χ4v) is 1.68. The molecule has 0 radical (unpaired) electrons. The Bertz CT molecular complexity index is 686. The van der Waals surface area contributed by atoms with Crippen LogP contribution in [-0.4, -0.2) is 5.91 Å². The van der Waals surface area contributed by atoms with E-state index in [1.54, 1.807) is 6.92 Å². The maximum absolute atomic E-state index is 13.1. The maximum atomic E-state index is 13.1. The molecule has 0 aliphatic rings. The van der Waals surface area contributed by atoms with Gasteiger partial charge in [0.15, 0.2) is 11.6 Å². The Morgan fingerprint density at radius 2 is 1.75 bits per heavy atom. The first-order chi connectivity index (χ1) is 9.38. The van der Waals surface area contributed by atoms with Crippen molar-refractivity contribution >= 4 is 17.3 Å². The molecule has 0 unspecified atom stereocenters. The van der Waals surface area contributed by atoms with E-state index >= 15 is 0 Å². The van der Waals surface area contributed by atoms with Gasteiger partial charge in [0.2, 0.25) is 0 Å². The average molecular weight is 280 g/mol. The van der Waals surface area contributed by atoms with Gasteiger partial charge in [-0.2, -0.15) is 0 Å². The van der Waals surface area contributed by atoms with Crippen LogP contribution in [0.25, 0.3) is 0 Å². The lowest BCUT2D eigenvalue weighted by Gasteiger charge is -2.10. The molecule has 104 valence electrons. The van der Waals surface area contributed by atoms with Gasteiger partial charge in [-0.05, 0) is 30.7 Å². The molecule has 0 spiro atoms. The van der Waals surface area contributed by atoms with Crippen molar-refractivity contribution in [1.82, 2.24) is 0 Å². The summed E-state index contributed by atoms with van der Waals surface area (Å²) in [6.07, 6.45) is 0.